The average molecular weight is 302 g/mol. The average Bonchev–Trinajstić information content (AvgIpc) is 2.57. The molecule has 0 aromatic heterocycles. The van der Waals surface area contributed by atoms with E-state index in [-0.39, 0.29) is 11.5 Å². The molecule has 2 nitrogen and oxygen atoms in total. The van der Waals surface area contributed by atoms with Crippen LogP contribution in [0.3, 0.4) is 0 Å². The first kappa shape index (κ1) is 15.1. The number of hydrogen-bond donors (Lipinski definition) is 1. The highest BCUT2D eigenvalue weighted by Gasteiger charge is 2.28. The SMILES string of the molecule is CC(C)(C)C1CCOC(c2ccc(Cl)c(Cl)c2)CN1. The smallest absolute Gasteiger partial charge is 0.0949 e. The molecular formula is C15H21Cl2NO. The quantitative estimate of drug-likeness (QED) is 0.827. The monoisotopic (exact) mass is 301 g/mol. The van der Waals surface area contributed by atoms with Crippen LogP contribution in [0.1, 0.15) is 38.9 Å². The van der Waals surface area contributed by atoms with E-state index in [0.29, 0.717) is 16.1 Å². The third kappa shape index (κ3) is 3.85. The van der Waals surface area contributed by atoms with E-state index in [1.54, 1.807) is 0 Å². The molecule has 0 saturated carbocycles. The zero-order chi connectivity index (χ0) is 14.0. The van der Waals surface area contributed by atoms with E-state index in [2.05, 4.69) is 26.1 Å². The maximum atomic E-state index is 6.07. The number of nitrogens with one attached hydrogen (secondary N) is 1. The summed E-state index contributed by atoms with van der Waals surface area (Å²) in [7, 11) is 0. The molecule has 1 aliphatic heterocycles. The molecule has 19 heavy (non-hydrogen) atoms. The molecule has 1 N–H and O–H groups in total. The summed E-state index contributed by atoms with van der Waals surface area (Å²) < 4.78 is 5.95. The maximum Gasteiger partial charge on any atom is 0.0949 e. The Hall–Kier alpha value is -0.280. The maximum absolute atomic E-state index is 6.07. The molecule has 0 spiro atoms. The molecule has 1 aliphatic rings. The van der Waals surface area contributed by atoms with Crippen molar-refractivity contribution >= 4 is 23.2 Å². The van der Waals surface area contributed by atoms with Crippen LogP contribution in [-0.2, 0) is 4.74 Å². The van der Waals surface area contributed by atoms with E-state index in [1.165, 1.54) is 0 Å². The van der Waals surface area contributed by atoms with Crippen molar-refractivity contribution in [2.75, 3.05) is 13.2 Å². The second-order valence-corrected chi connectivity index (χ2v) is 6.96. The van der Waals surface area contributed by atoms with Gasteiger partial charge < -0.3 is 10.1 Å². The van der Waals surface area contributed by atoms with Gasteiger partial charge in [-0.3, -0.25) is 0 Å². The highest BCUT2D eigenvalue weighted by atomic mass is 35.5. The molecular weight excluding hydrogens is 281 g/mol. The van der Waals surface area contributed by atoms with Gasteiger partial charge >= 0.3 is 0 Å². The lowest BCUT2D eigenvalue weighted by Gasteiger charge is -2.30. The Morgan fingerprint density at radius 1 is 1.21 bits per heavy atom. The van der Waals surface area contributed by atoms with Crippen molar-refractivity contribution in [2.45, 2.75) is 39.3 Å². The fourth-order valence-electron chi connectivity index (χ4n) is 2.40. The van der Waals surface area contributed by atoms with E-state index < -0.39 is 0 Å². The lowest BCUT2D eigenvalue weighted by molar-refractivity contribution is 0.0654. The molecule has 2 atom stereocenters. The summed E-state index contributed by atoms with van der Waals surface area (Å²) in [6.07, 6.45) is 1.07. The fraction of sp³-hybridized carbons (Fsp3) is 0.600. The second-order valence-electron chi connectivity index (χ2n) is 6.15. The van der Waals surface area contributed by atoms with Crippen molar-refractivity contribution in [3.05, 3.63) is 33.8 Å². The van der Waals surface area contributed by atoms with Crippen molar-refractivity contribution in [1.82, 2.24) is 5.32 Å². The molecule has 4 heteroatoms. The van der Waals surface area contributed by atoms with E-state index in [4.69, 9.17) is 27.9 Å². The molecule has 2 unspecified atom stereocenters. The van der Waals surface area contributed by atoms with Crippen molar-refractivity contribution in [1.29, 1.82) is 0 Å². The molecule has 1 heterocycles. The molecule has 106 valence electrons. The minimum absolute atomic E-state index is 0.0436. The Morgan fingerprint density at radius 2 is 1.95 bits per heavy atom. The summed E-state index contributed by atoms with van der Waals surface area (Å²) in [6, 6.07) is 6.18. The van der Waals surface area contributed by atoms with Crippen LogP contribution in [0.15, 0.2) is 18.2 Å². The standard InChI is InChI=1S/C15H21Cl2NO/c1-15(2,3)14-6-7-19-13(9-18-14)10-4-5-11(16)12(17)8-10/h4-5,8,13-14,18H,6-7,9H2,1-3H3. The number of hydrogen-bond acceptors (Lipinski definition) is 2. The predicted molar refractivity (Wildman–Crippen MR) is 81.0 cm³/mol. The molecule has 1 saturated heterocycles. The highest BCUT2D eigenvalue weighted by Crippen LogP contribution is 2.30. The van der Waals surface area contributed by atoms with Gasteiger partial charge in [0, 0.05) is 19.2 Å². The summed E-state index contributed by atoms with van der Waals surface area (Å²) in [5.74, 6) is 0. The van der Waals surface area contributed by atoms with Gasteiger partial charge in [-0.2, -0.15) is 0 Å². The number of benzene rings is 1. The van der Waals surface area contributed by atoms with Gasteiger partial charge in [0.1, 0.15) is 0 Å². The Kier molecular flexibility index (Phi) is 4.78. The molecule has 0 aliphatic carbocycles. The third-order valence-electron chi connectivity index (χ3n) is 3.64. The van der Waals surface area contributed by atoms with Gasteiger partial charge in [0.25, 0.3) is 0 Å². The van der Waals surface area contributed by atoms with Crippen LogP contribution in [0.5, 0.6) is 0 Å². The van der Waals surface area contributed by atoms with Crippen LogP contribution in [-0.4, -0.2) is 19.2 Å². The van der Waals surface area contributed by atoms with Crippen molar-refractivity contribution in [3.63, 3.8) is 0 Å². The summed E-state index contributed by atoms with van der Waals surface area (Å²) >= 11 is 12.0. The molecule has 1 fully saturated rings. The van der Waals surface area contributed by atoms with Gasteiger partial charge in [0.2, 0.25) is 0 Å². The summed E-state index contributed by atoms with van der Waals surface area (Å²) in [4.78, 5) is 0. The van der Waals surface area contributed by atoms with Crippen molar-refractivity contribution in [3.8, 4) is 0 Å². The number of halogens is 2. The second kappa shape index (κ2) is 6.01. The van der Waals surface area contributed by atoms with E-state index in [9.17, 15) is 0 Å². The Balaban J connectivity index is 2.08. The minimum atomic E-state index is 0.0436. The van der Waals surface area contributed by atoms with Crippen molar-refractivity contribution in [2.24, 2.45) is 5.41 Å². The van der Waals surface area contributed by atoms with Gasteiger partial charge in [-0.05, 0) is 29.5 Å². The number of rotatable bonds is 1. The summed E-state index contributed by atoms with van der Waals surface area (Å²) in [5.41, 5.74) is 1.33. The molecule has 0 radical (unpaired) electrons. The zero-order valence-electron chi connectivity index (χ0n) is 11.7. The third-order valence-corrected chi connectivity index (χ3v) is 4.38. The van der Waals surface area contributed by atoms with Gasteiger partial charge in [-0.15, -0.1) is 0 Å². The predicted octanol–water partition coefficient (Wildman–Crippen LogP) is 4.46. The van der Waals surface area contributed by atoms with E-state index >= 15 is 0 Å². The topological polar surface area (TPSA) is 21.3 Å². The summed E-state index contributed by atoms with van der Waals surface area (Å²) in [5, 5.41) is 4.77. The Labute approximate surface area is 125 Å². The Bertz CT molecular complexity index is 442. The van der Waals surface area contributed by atoms with E-state index in [0.717, 1.165) is 25.1 Å². The number of ether oxygens (including phenoxy) is 1. The summed E-state index contributed by atoms with van der Waals surface area (Å²) in [6.45, 7) is 8.33. The molecule has 0 bridgehead atoms. The Morgan fingerprint density at radius 3 is 2.58 bits per heavy atom. The van der Waals surface area contributed by atoms with Gasteiger partial charge in [0.15, 0.2) is 0 Å². The van der Waals surface area contributed by atoms with E-state index in [1.807, 2.05) is 18.2 Å². The lowest BCUT2D eigenvalue weighted by Crippen LogP contribution is -2.40. The van der Waals surface area contributed by atoms with Crippen LogP contribution in [0.4, 0.5) is 0 Å². The molecule has 1 aromatic rings. The van der Waals surface area contributed by atoms with Crippen LogP contribution in [0.2, 0.25) is 10.0 Å². The van der Waals surface area contributed by atoms with Crippen molar-refractivity contribution < 1.29 is 4.74 Å². The minimum Gasteiger partial charge on any atom is -0.372 e. The molecule has 1 aromatic carbocycles. The first-order chi connectivity index (χ1) is 8.88. The van der Waals surface area contributed by atoms with Crippen LogP contribution >= 0.6 is 23.2 Å². The van der Waals surface area contributed by atoms with Crippen LogP contribution < -0.4 is 5.32 Å². The highest BCUT2D eigenvalue weighted by molar-refractivity contribution is 6.42. The van der Waals surface area contributed by atoms with Crippen LogP contribution in [0.25, 0.3) is 0 Å². The van der Waals surface area contributed by atoms with Crippen LogP contribution in [0, 0.1) is 5.41 Å². The van der Waals surface area contributed by atoms with Gasteiger partial charge in [-0.1, -0.05) is 50.0 Å². The largest absolute Gasteiger partial charge is 0.372 e. The first-order valence-electron chi connectivity index (χ1n) is 6.68. The van der Waals surface area contributed by atoms with Gasteiger partial charge in [0.05, 0.1) is 16.1 Å². The fourth-order valence-corrected chi connectivity index (χ4v) is 2.71. The van der Waals surface area contributed by atoms with Gasteiger partial charge in [-0.25, -0.2) is 0 Å². The normalized spacial score (nSPS) is 25.1. The molecule has 0 amide bonds. The lowest BCUT2D eigenvalue weighted by atomic mass is 9.85. The first-order valence-corrected chi connectivity index (χ1v) is 7.43. The molecule has 2 rings (SSSR count). The zero-order valence-corrected chi connectivity index (χ0v) is 13.2.